The highest BCUT2D eigenvalue weighted by molar-refractivity contribution is 6.05. The average Bonchev–Trinajstić information content (AvgIpc) is 3.49. The van der Waals surface area contributed by atoms with Gasteiger partial charge in [-0.15, -0.1) is 12.4 Å². The largest absolute Gasteiger partial charge is 0.485 e. The SMILES string of the molecule is CN(C(=O)c1ccc(C(F)(F)F)cc1)c1cnc(Oc2ccc3cc(C(=O)N4CCN(Cc5ccc(OC(CF)CF)cc5)CC4)n(C)c3c2)nc1.Cl. The minimum Gasteiger partial charge on any atom is -0.485 e. The van der Waals surface area contributed by atoms with Gasteiger partial charge >= 0.3 is 12.2 Å². The zero-order valence-electron chi connectivity index (χ0n) is 28.7. The Morgan fingerprint density at radius 1 is 0.868 bits per heavy atom. The molecule has 0 bridgehead atoms. The summed E-state index contributed by atoms with van der Waals surface area (Å²) in [4.78, 5) is 40.1. The molecule has 0 atom stereocenters. The van der Waals surface area contributed by atoms with Gasteiger partial charge in [0.25, 0.3) is 11.8 Å². The maximum Gasteiger partial charge on any atom is 0.416 e. The first-order valence-electron chi connectivity index (χ1n) is 16.4. The number of hydrogen-bond donors (Lipinski definition) is 0. The molecule has 0 aliphatic carbocycles. The van der Waals surface area contributed by atoms with Crippen molar-refractivity contribution in [2.75, 3.05) is 51.5 Å². The third-order valence-corrected chi connectivity index (χ3v) is 8.85. The first-order valence-corrected chi connectivity index (χ1v) is 16.4. The van der Waals surface area contributed by atoms with Gasteiger partial charge in [0.05, 0.1) is 29.2 Å². The van der Waals surface area contributed by atoms with Gasteiger partial charge < -0.3 is 23.8 Å². The van der Waals surface area contributed by atoms with Gasteiger partial charge in [-0.05, 0) is 60.2 Å². The topological polar surface area (TPSA) is 93.0 Å². The molecule has 0 spiro atoms. The number of aryl methyl sites for hydroxylation is 1. The molecule has 10 nitrogen and oxygen atoms in total. The number of alkyl halides is 5. The highest BCUT2D eigenvalue weighted by atomic mass is 35.5. The van der Waals surface area contributed by atoms with E-state index in [2.05, 4.69) is 14.9 Å². The first kappa shape index (κ1) is 38.9. The van der Waals surface area contributed by atoms with Gasteiger partial charge in [0, 0.05) is 63.8 Å². The summed E-state index contributed by atoms with van der Waals surface area (Å²) in [5.41, 5.74) is 1.84. The number of rotatable bonds is 11. The predicted molar refractivity (Wildman–Crippen MR) is 190 cm³/mol. The van der Waals surface area contributed by atoms with Crippen LogP contribution in [-0.4, -0.2) is 88.8 Å². The molecule has 3 heterocycles. The van der Waals surface area contributed by atoms with Crippen LogP contribution in [0.25, 0.3) is 10.9 Å². The van der Waals surface area contributed by atoms with Gasteiger partial charge in [0.2, 0.25) is 0 Å². The summed E-state index contributed by atoms with van der Waals surface area (Å²) in [6, 6.07) is 18.2. The van der Waals surface area contributed by atoms with Crippen molar-refractivity contribution in [3.05, 3.63) is 108 Å². The third kappa shape index (κ3) is 9.03. The summed E-state index contributed by atoms with van der Waals surface area (Å²) in [5, 5.41) is 0.841. The number of anilines is 1. The summed E-state index contributed by atoms with van der Waals surface area (Å²) >= 11 is 0. The van der Waals surface area contributed by atoms with Crippen LogP contribution in [0.5, 0.6) is 17.5 Å². The molecule has 5 aromatic rings. The number of ether oxygens (including phenoxy) is 2. The quantitative estimate of drug-likeness (QED) is 0.133. The second-order valence-corrected chi connectivity index (χ2v) is 12.3. The molecule has 280 valence electrons. The van der Waals surface area contributed by atoms with Crippen LogP contribution in [-0.2, 0) is 19.8 Å². The van der Waals surface area contributed by atoms with Gasteiger partial charge in [-0.3, -0.25) is 14.5 Å². The summed E-state index contributed by atoms with van der Waals surface area (Å²) in [5.74, 6) is 0.212. The lowest BCUT2D eigenvalue weighted by Gasteiger charge is -2.34. The summed E-state index contributed by atoms with van der Waals surface area (Å²) in [6.45, 7) is 1.32. The molecule has 0 saturated carbocycles. The smallest absolute Gasteiger partial charge is 0.416 e. The maximum atomic E-state index is 13.6. The van der Waals surface area contributed by atoms with Crippen LogP contribution in [0, 0.1) is 0 Å². The van der Waals surface area contributed by atoms with E-state index in [1.807, 2.05) is 33.7 Å². The molecular formula is C37H36ClF5N6O4. The number of hydrogen-bond acceptors (Lipinski definition) is 7. The monoisotopic (exact) mass is 758 g/mol. The number of halogens is 6. The number of nitrogens with zero attached hydrogens (tertiary/aromatic N) is 6. The van der Waals surface area contributed by atoms with Crippen molar-refractivity contribution in [1.82, 2.24) is 24.3 Å². The van der Waals surface area contributed by atoms with E-state index in [9.17, 15) is 31.5 Å². The Bertz CT molecular complexity index is 2020. The van der Waals surface area contributed by atoms with Crippen molar-refractivity contribution in [2.45, 2.75) is 18.8 Å². The molecule has 2 amide bonds. The zero-order valence-corrected chi connectivity index (χ0v) is 29.5. The number of benzene rings is 3. The Kier molecular flexibility index (Phi) is 12.2. The zero-order chi connectivity index (χ0) is 37.0. The van der Waals surface area contributed by atoms with Crippen molar-refractivity contribution >= 4 is 40.8 Å². The maximum absolute atomic E-state index is 13.6. The first-order chi connectivity index (χ1) is 24.9. The summed E-state index contributed by atoms with van der Waals surface area (Å²) in [7, 11) is 3.27. The molecule has 1 fully saturated rings. The van der Waals surface area contributed by atoms with E-state index in [0.29, 0.717) is 55.6 Å². The Balaban J connectivity index is 0.00000541. The molecule has 1 aliphatic heterocycles. The second-order valence-electron chi connectivity index (χ2n) is 12.3. The lowest BCUT2D eigenvalue weighted by Crippen LogP contribution is -2.48. The van der Waals surface area contributed by atoms with Crippen LogP contribution < -0.4 is 14.4 Å². The number of carbonyl (C=O) groups excluding carboxylic acids is 2. The van der Waals surface area contributed by atoms with Gasteiger partial charge in [-0.25, -0.2) is 18.7 Å². The highest BCUT2D eigenvalue weighted by Crippen LogP contribution is 2.30. The number of carbonyl (C=O) groups is 2. The van der Waals surface area contributed by atoms with E-state index in [1.54, 1.807) is 31.3 Å². The van der Waals surface area contributed by atoms with Crippen molar-refractivity contribution in [1.29, 1.82) is 0 Å². The van der Waals surface area contributed by atoms with Gasteiger partial charge in [-0.2, -0.15) is 13.2 Å². The Hall–Kier alpha value is -5.28. The number of piperazine rings is 1. The fourth-order valence-electron chi connectivity index (χ4n) is 5.83. The number of aromatic nitrogens is 3. The van der Waals surface area contributed by atoms with Crippen LogP contribution in [0.15, 0.2) is 85.2 Å². The molecule has 0 N–H and O–H groups in total. The fraction of sp³-hybridized carbons (Fsp3) is 0.297. The van der Waals surface area contributed by atoms with Crippen LogP contribution in [0.4, 0.5) is 27.6 Å². The Morgan fingerprint density at radius 3 is 2.09 bits per heavy atom. The van der Waals surface area contributed by atoms with Gasteiger partial charge in [0.1, 0.15) is 30.5 Å². The lowest BCUT2D eigenvalue weighted by atomic mass is 10.1. The minimum absolute atomic E-state index is 0. The normalized spacial score (nSPS) is 13.5. The molecular weight excluding hydrogens is 723 g/mol. The predicted octanol–water partition coefficient (Wildman–Crippen LogP) is 7.12. The minimum atomic E-state index is -4.50. The molecule has 16 heteroatoms. The molecule has 3 aromatic carbocycles. The molecule has 2 aromatic heterocycles. The lowest BCUT2D eigenvalue weighted by molar-refractivity contribution is -0.137. The van der Waals surface area contributed by atoms with Crippen molar-refractivity contribution in [3.63, 3.8) is 0 Å². The van der Waals surface area contributed by atoms with Crippen LogP contribution >= 0.6 is 12.4 Å². The fourth-order valence-corrected chi connectivity index (χ4v) is 5.83. The highest BCUT2D eigenvalue weighted by Gasteiger charge is 2.30. The summed E-state index contributed by atoms with van der Waals surface area (Å²) < 4.78 is 77.2. The molecule has 1 aliphatic rings. The molecule has 0 unspecified atom stereocenters. The van der Waals surface area contributed by atoms with E-state index in [1.165, 1.54) is 24.3 Å². The van der Waals surface area contributed by atoms with Crippen molar-refractivity contribution < 1.29 is 41.0 Å². The Morgan fingerprint density at radius 2 is 1.49 bits per heavy atom. The molecule has 53 heavy (non-hydrogen) atoms. The van der Waals surface area contributed by atoms with E-state index in [4.69, 9.17) is 9.47 Å². The second kappa shape index (κ2) is 16.6. The standard InChI is InChI=1S/C37H35F5N6O4.ClH/c1-45(34(49)25-5-8-27(9-6-25)37(40,41)42)28-21-43-36(44-22-28)52-30-12-7-26-17-33(46(2)32(26)18-30)35(50)48-15-13-47(14-16-48)23-24-3-10-29(11-4-24)51-31(19-38)20-39;/h3-12,17-18,21-22,31H,13-16,19-20,23H2,1-2H3;1H. The molecule has 6 rings (SSSR count). The average molecular weight is 759 g/mol. The van der Waals surface area contributed by atoms with Gasteiger partial charge in [0.15, 0.2) is 6.10 Å². The van der Waals surface area contributed by atoms with Crippen LogP contribution in [0.2, 0.25) is 0 Å². The van der Waals surface area contributed by atoms with Crippen LogP contribution in [0.3, 0.4) is 0 Å². The third-order valence-electron chi connectivity index (χ3n) is 8.85. The van der Waals surface area contributed by atoms with E-state index in [0.717, 1.165) is 40.7 Å². The van der Waals surface area contributed by atoms with Crippen molar-refractivity contribution in [3.8, 4) is 17.5 Å². The van der Waals surface area contributed by atoms with E-state index < -0.39 is 37.1 Å². The van der Waals surface area contributed by atoms with Crippen LogP contribution in [0.1, 0.15) is 32.0 Å². The van der Waals surface area contributed by atoms with E-state index >= 15 is 0 Å². The van der Waals surface area contributed by atoms with E-state index in [-0.39, 0.29) is 29.9 Å². The van der Waals surface area contributed by atoms with Gasteiger partial charge in [-0.1, -0.05) is 12.1 Å². The molecule has 0 radical (unpaired) electrons. The summed E-state index contributed by atoms with van der Waals surface area (Å²) in [6.07, 6.45) is -2.87. The number of amides is 2. The Labute approximate surface area is 308 Å². The molecule has 1 saturated heterocycles. The number of fused-ring (bicyclic) bond motifs is 1. The van der Waals surface area contributed by atoms with Crippen molar-refractivity contribution in [2.24, 2.45) is 7.05 Å².